The molecule has 0 saturated heterocycles. The first-order chi connectivity index (χ1) is 10.8. The number of aliphatic hydroxyl groups excluding tert-OH is 2. The van der Waals surface area contributed by atoms with Crippen molar-refractivity contribution in [2.24, 2.45) is 5.92 Å². The molecule has 5 heteroatoms. The number of methoxy groups -OCH3 is 1. The van der Waals surface area contributed by atoms with Gasteiger partial charge in [-0.25, -0.2) is 0 Å². The lowest BCUT2D eigenvalue weighted by Crippen LogP contribution is -2.16. The topological polar surface area (TPSA) is 69.9 Å². The van der Waals surface area contributed by atoms with Gasteiger partial charge in [-0.05, 0) is 35.3 Å². The molecular weight excluding hydrogens is 316 g/mol. The number of rotatable bonds is 8. The minimum absolute atomic E-state index is 0.0615. The van der Waals surface area contributed by atoms with E-state index >= 15 is 0 Å². The van der Waals surface area contributed by atoms with Crippen LogP contribution in [-0.2, 0) is 4.74 Å². The fraction of sp³-hybridized carbons (Fsp3) is 0.500. The van der Waals surface area contributed by atoms with E-state index in [9.17, 15) is 15.3 Å². The van der Waals surface area contributed by atoms with Crippen LogP contribution in [0.2, 0.25) is 5.02 Å². The van der Waals surface area contributed by atoms with Crippen molar-refractivity contribution in [1.29, 1.82) is 0 Å². The maximum atomic E-state index is 10.2. The van der Waals surface area contributed by atoms with Crippen molar-refractivity contribution >= 4 is 11.6 Å². The van der Waals surface area contributed by atoms with Gasteiger partial charge in [0.2, 0.25) is 0 Å². The molecule has 0 unspecified atom stereocenters. The SMILES string of the molecule is COCC(=C=CC[C@@H](O)c1ccc(O)cc1Cl)C[C@@H](O)C(C)C. The highest BCUT2D eigenvalue weighted by molar-refractivity contribution is 6.31. The number of aliphatic hydroxyl groups is 2. The van der Waals surface area contributed by atoms with Crippen LogP contribution in [-0.4, -0.2) is 35.1 Å². The summed E-state index contributed by atoms with van der Waals surface area (Å²) in [6, 6.07) is 4.48. The molecule has 0 aliphatic carbocycles. The third-order valence-electron chi connectivity index (χ3n) is 3.53. The molecule has 0 aliphatic rings. The third kappa shape index (κ3) is 6.78. The molecule has 0 bridgehead atoms. The normalized spacial score (nSPS) is 13.5. The maximum absolute atomic E-state index is 10.2. The molecule has 23 heavy (non-hydrogen) atoms. The zero-order valence-corrected chi connectivity index (χ0v) is 14.5. The summed E-state index contributed by atoms with van der Waals surface area (Å²) in [6.45, 7) is 4.29. The Morgan fingerprint density at radius 2 is 2.04 bits per heavy atom. The van der Waals surface area contributed by atoms with Crippen LogP contribution in [0.1, 0.15) is 38.4 Å². The molecule has 0 aliphatic heterocycles. The van der Waals surface area contributed by atoms with Gasteiger partial charge in [-0.3, -0.25) is 0 Å². The van der Waals surface area contributed by atoms with Gasteiger partial charge in [-0.1, -0.05) is 31.5 Å². The average molecular weight is 341 g/mol. The molecule has 1 aromatic carbocycles. The first kappa shape index (κ1) is 19.8. The number of hydrogen-bond donors (Lipinski definition) is 3. The Morgan fingerprint density at radius 1 is 1.35 bits per heavy atom. The van der Waals surface area contributed by atoms with Crippen LogP contribution in [0.4, 0.5) is 0 Å². The van der Waals surface area contributed by atoms with E-state index in [0.717, 1.165) is 5.57 Å². The van der Waals surface area contributed by atoms with Crippen LogP contribution < -0.4 is 0 Å². The number of aromatic hydroxyl groups is 1. The second kappa shape index (κ2) is 9.76. The van der Waals surface area contributed by atoms with Crippen LogP contribution in [0.3, 0.4) is 0 Å². The van der Waals surface area contributed by atoms with E-state index in [1.807, 2.05) is 13.8 Å². The number of benzene rings is 1. The zero-order valence-electron chi connectivity index (χ0n) is 13.8. The highest BCUT2D eigenvalue weighted by atomic mass is 35.5. The van der Waals surface area contributed by atoms with Gasteiger partial charge in [0.25, 0.3) is 0 Å². The molecule has 0 fully saturated rings. The van der Waals surface area contributed by atoms with Crippen molar-refractivity contribution in [3.8, 4) is 5.75 Å². The molecule has 0 amide bonds. The molecule has 1 aromatic rings. The fourth-order valence-electron chi connectivity index (χ4n) is 2.05. The van der Waals surface area contributed by atoms with Crippen molar-refractivity contribution in [2.75, 3.05) is 13.7 Å². The third-order valence-corrected chi connectivity index (χ3v) is 3.86. The Labute approximate surface area is 142 Å². The van der Waals surface area contributed by atoms with Crippen LogP contribution in [0.15, 0.2) is 35.6 Å². The van der Waals surface area contributed by atoms with Crippen LogP contribution in [0.25, 0.3) is 0 Å². The Morgan fingerprint density at radius 3 is 2.61 bits per heavy atom. The summed E-state index contributed by atoms with van der Waals surface area (Å²) in [7, 11) is 1.59. The summed E-state index contributed by atoms with van der Waals surface area (Å²) in [5, 5.41) is 29.8. The summed E-state index contributed by atoms with van der Waals surface area (Å²) < 4.78 is 5.12. The second-order valence-electron chi connectivity index (χ2n) is 5.86. The van der Waals surface area contributed by atoms with Gasteiger partial charge in [0.15, 0.2) is 0 Å². The quantitative estimate of drug-likeness (QED) is 0.632. The Hall–Kier alpha value is -1.29. The number of phenols is 1. The van der Waals surface area contributed by atoms with Gasteiger partial charge in [-0.2, -0.15) is 0 Å². The fourth-order valence-corrected chi connectivity index (χ4v) is 2.35. The van der Waals surface area contributed by atoms with E-state index in [1.54, 1.807) is 19.3 Å². The lowest BCUT2D eigenvalue weighted by molar-refractivity contribution is 0.119. The predicted molar refractivity (Wildman–Crippen MR) is 91.6 cm³/mol. The van der Waals surface area contributed by atoms with Crippen molar-refractivity contribution in [2.45, 2.75) is 38.9 Å². The lowest BCUT2D eigenvalue weighted by atomic mass is 9.99. The number of phenolic OH excluding ortho intramolecular Hbond substituents is 1. The molecule has 0 aromatic heterocycles. The molecule has 2 atom stereocenters. The minimum Gasteiger partial charge on any atom is -0.508 e. The summed E-state index contributed by atoms with van der Waals surface area (Å²) in [4.78, 5) is 0. The molecule has 0 spiro atoms. The number of ether oxygens (including phenoxy) is 1. The summed E-state index contributed by atoms with van der Waals surface area (Å²) in [6.07, 6.45) is 1.30. The van der Waals surface area contributed by atoms with E-state index in [4.69, 9.17) is 16.3 Å². The summed E-state index contributed by atoms with van der Waals surface area (Å²) in [5.74, 6) is 0.219. The Bertz CT molecular complexity index is 562. The van der Waals surface area contributed by atoms with Gasteiger partial charge in [0.05, 0.1) is 23.8 Å². The molecule has 4 nitrogen and oxygen atoms in total. The summed E-state index contributed by atoms with van der Waals surface area (Å²) >= 11 is 6.01. The van der Waals surface area contributed by atoms with E-state index in [-0.39, 0.29) is 11.7 Å². The van der Waals surface area contributed by atoms with Crippen molar-refractivity contribution < 1.29 is 20.1 Å². The number of hydrogen-bond acceptors (Lipinski definition) is 4. The van der Waals surface area contributed by atoms with E-state index in [2.05, 4.69) is 5.73 Å². The average Bonchev–Trinajstić information content (AvgIpc) is 2.46. The predicted octanol–water partition coefficient (Wildman–Crippen LogP) is 3.60. The molecule has 1 rings (SSSR count). The highest BCUT2D eigenvalue weighted by Gasteiger charge is 2.12. The highest BCUT2D eigenvalue weighted by Crippen LogP contribution is 2.28. The molecule has 0 radical (unpaired) electrons. The van der Waals surface area contributed by atoms with Crippen LogP contribution >= 0.6 is 11.6 Å². The van der Waals surface area contributed by atoms with E-state index in [1.165, 1.54) is 12.1 Å². The minimum atomic E-state index is -0.783. The van der Waals surface area contributed by atoms with E-state index in [0.29, 0.717) is 30.0 Å². The monoisotopic (exact) mass is 340 g/mol. The molecule has 3 N–H and O–H groups in total. The Kier molecular flexibility index (Phi) is 8.38. The van der Waals surface area contributed by atoms with Gasteiger partial charge in [-0.15, -0.1) is 5.73 Å². The maximum Gasteiger partial charge on any atom is 0.117 e. The van der Waals surface area contributed by atoms with Crippen LogP contribution in [0, 0.1) is 5.92 Å². The van der Waals surface area contributed by atoms with Gasteiger partial charge in [0, 0.05) is 20.0 Å². The molecule has 0 saturated carbocycles. The van der Waals surface area contributed by atoms with Crippen molar-refractivity contribution in [3.63, 3.8) is 0 Å². The summed E-state index contributed by atoms with van der Waals surface area (Å²) in [5.41, 5.74) is 4.49. The first-order valence-corrected chi connectivity index (χ1v) is 7.99. The van der Waals surface area contributed by atoms with Gasteiger partial charge >= 0.3 is 0 Å². The lowest BCUT2D eigenvalue weighted by Gasteiger charge is -2.15. The standard InChI is InChI=1S/C18H25ClO4/c1-12(2)18(22)9-13(11-23-3)5-4-6-17(21)15-8-7-14(20)10-16(15)19/h4,7-8,10,12,17-18,20-22H,6,9,11H2,1-3H3/t5?,17-,18-/m1/s1. The number of halogens is 1. The first-order valence-electron chi connectivity index (χ1n) is 7.61. The Balaban J connectivity index is 2.78. The van der Waals surface area contributed by atoms with Crippen molar-refractivity contribution in [1.82, 2.24) is 0 Å². The molecule has 128 valence electrons. The van der Waals surface area contributed by atoms with Crippen molar-refractivity contribution in [3.05, 3.63) is 46.2 Å². The van der Waals surface area contributed by atoms with Gasteiger partial charge in [0.1, 0.15) is 5.75 Å². The van der Waals surface area contributed by atoms with E-state index < -0.39 is 12.2 Å². The smallest absolute Gasteiger partial charge is 0.117 e. The van der Waals surface area contributed by atoms with Gasteiger partial charge < -0.3 is 20.1 Å². The molecule has 0 heterocycles. The molecular formula is C18H25ClO4. The zero-order chi connectivity index (χ0) is 17.4. The van der Waals surface area contributed by atoms with Crippen LogP contribution in [0.5, 0.6) is 5.75 Å². The second-order valence-corrected chi connectivity index (χ2v) is 6.27. The largest absolute Gasteiger partial charge is 0.508 e.